The van der Waals surface area contributed by atoms with Gasteiger partial charge in [0.15, 0.2) is 11.5 Å². The van der Waals surface area contributed by atoms with Crippen LogP contribution in [0.4, 0.5) is 10.5 Å². The zero-order chi connectivity index (χ0) is 23.2. The zero-order valence-corrected chi connectivity index (χ0v) is 20.1. The molecular weight excluding hydrogens is 420 g/mol. The predicted octanol–water partition coefficient (Wildman–Crippen LogP) is 3.42. The van der Waals surface area contributed by atoms with Crippen LogP contribution >= 0.6 is 0 Å². The number of rotatable bonds is 6. The van der Waals surface area contributed by atoms with E-state index in [-0.39, 0.29) is 18.0 Å². The molecule has 1 aromatic rings. The summed E-state index contributed by atoms with van der Waals surface area (Å²) in [6.07, 6.45) is 5.11. The van der Waals surface area contributed by atoms with Gasteiger partial charge in [-0.2, -0.15) is 0 Å². The first-order valence-electron chi connectivity index (χ1n) is 12.4. The Morgan fingerprint density at radius 2 is 1.73 bits per heavy atom. The molecule has 0 radical (unpaired) electrons. The first kappa shape index (κ1) is 23.7. The second-order valence-corrected chi connectivity index (χ2v) is 9.60. The number of ether oxygens (including phenoxy) is 2. The Bertz CT molecular complexity index is 817. The highest BCUT2D eigenvalue weighted by molar-refractivity contribution is 5.90. The van der Waals surface area contributed by atoms with Crippen molar-refractivity contribution in [3.05, 3.63) is 18.2 Å². The number of amides is 3. The van der Waals surface area contributed by atoms with Crippen LogP contribution in [0.25, 0.3) is 0 Å². The monoisotopic (exact) mass is 458 g/mol. The van der Waals surface area contributed by atoms with Gasteiger partial charge in [-0.1, -0.05) is 6.92 Å². The van der Waals surface area contributed by atoms with Crippen LogP contribution in [-0.2, 0) is 4.79 Å². The van der Waals surface area contributed by atoms with Crippen LogP contribution in [0, 0.1) is 5.92 Å². The molecule has 8 heteroatoms. The van der Waals surface area contributed by atoms with Crippen molar-refractivity contribution >= 4 is 17.6 Å². The molecule has 33 heavy (non-hydrogen) atoms. The SMILES string of the molecule is CC(=O)N1CCC(N(CCCN2CCC(C)CC2)C(=O)Nc2ccc3c(c2)OCCO3)CC1. The number of piperidine rings is 2. The van der Waals surface area contributed by atoms with Crippen molar-refractivity contribution in [2.45, 2.75) is 52.0 Å². The van der Waals surface area contributed by atoms with E-state index in [1.165, 1.54) is 12.8 Å². The first-order chi connectivity index (χ1) is 16.0. The van der Waals surface area contributed by atoms with Gasteiger partial charge < -0.3 is 29.5 Å². The first-order valence-corrected chi connectivity index (χ1v) is 12.4. The number of carbonyl (C=O) groups is 2. The van der Waals surface area contributed by atoms with E-state index in [1.807, 2.05) is 28.0 Å². The molecule has 3 aliphatic heterocycles. The van der Waals surface area contributed by atoms with Crippen LogP contribution in [0.5, 0.6) is 11.5 Å². The summed E-state index contributed by atoms with van der Waals surface area (Å²) in [4.78, 5) is 31.5. The highest BCUT2D eigenvalue weighted by Gasteiger charge is 2.29. The average molecular weight is 459 g/mol. The summed E-state index contributed by atoms with van der Waals surface area (Å²) >= 11 is 0. The van der Waals surface area contributed by atoms with Crippen molar-refractivity contribution in [1.29, 1.82) is 0 Å². The third-order valence-electron chi connectivity index (χ3n) is 7.15. The second-order valence-electron chi connectivity index (χ2n) is 9.60. The lowest BCUT2D eigenvalue weighted by Gasteiger charge is -2.39. The Kier molecular flexibility index (Phi) is 7.96. The molecule has 3 amide bonds. The fourth-order valence-corrected chi connectivity index (χ4v) is 5.01. The molecule has 0 bridgehead atoms. The maximum Gasteiger partial charge on any atom is 0.322 e. The van der Waals surface area contributed by atoms with E-state index in [4.69, 9.17) is 9.47 Å². The van der Waals surface area contributed by atoms with Gasteiger partial charge in [-0.15, -0.1) is 0 Å². The van der Waals surface area contributed by atoms with E-state index in [0.29, 0.717) is 50.0 Å². The quantitative estimate of drug-likeness (QED) is 0.707. The van der Waals surface area contributed by atoms with Gasteiger partial charge in [-0.3, -0.25) is 4.79 Å². The number of anilines is 1. The highest BCUT2D eigenvalue weighted by atomic mass is 16.6. The summed E-state index contributed by atoms with van der Waals surface area (Å²) in [5.74, 6) is 2.31. The lowest BCUT2D eigenvalue weighted by molar-refractivity contribution is -0.130. The summed E-state index contributed by atoms with van der Waals surface area (Å²) in [5.41, 5.74) is 0.709. The van der Waals surface area contributed by atoms with E-state index in [0.717, 1.165) is 44.8 Å². The molecule has 3 aliphatic rings. The van der Waals surface area contributed by atoms with Gasteiger partial charge in [0, 0.05) is 44.4 Å². The predicted molar refractivity (Wildman–Crippen MR) is 128 cm³/mol. The molecule has 0 aromatic heterocycles. The maximum atomic E-state index is 13.4. The van der Waals surface area contributed by atoms with E-state index in [9.17, 15) is 9.59 Å². The number of likely N-dealkylation sites (tertiary alicyclic amines) is 2. The van der Waals surface area contributed by atoms with Crippen LogP contribution in [0.3, 0.4) is 0 Å². The number of benzene rings is 1. The fraction of sp³-hybridized carbons (Fsp3) is 0.680. The molecule has 0 unspecified atom stereocenters. The molecule has 8 nitrogen and oxygen atoms in total. The van der Waals surface area contributed by atoms with Gasteiger partial charge in [0.2, 0.25) is 5.91 Å². The molecular formula is C25H38N4O4. The minimum Gasteiger partial charge on any atom is -0.486 e. The number of hydrogen-bond acceptors (Lipinski definition) is 5. The van der Waals surface area contributed by atoms with Gasteiger partial charge in [-0.25, -0.2) is 4.79 Å². The van der Waals surface area contributed by atoms with E-state index < -0.39 is 0 Å². The lowest BCUT2D eigenvalue weighted by atomic mass is 9.99. The maximum absolute atomic E-state index is 13.4. The van der Waals surface area contributed by atoms with Gasteiger partial charge in [0.1, 0.15) is 13.2 Å². The number of urea groups is 1. The number of nitrogens with zero attached hydrogens (tertiary/aromatic N) is 3. The van der Waals surface area contributed by atoms with Crippen molar-refractivity contribution in [3.8, 4) is 11.5 Å². The molecule has 4 rings (SSSR count). The molecule has 2 fully saturated rings. The normalized spacial score (nSPS) is 19.9. The molecule has 0 saturated carbocycles. The fourth-order valence-electron chi connectivity index (χ4n) is 5.01. The summed E-state index contributed by atoms with van der Waals surface area (Å²) in [6, 6.07) is 5.59. The molecule has 1 aromatic carbocycles. The van der Waals surface area contributed by atoms with Gasteiger partial charge in [-0.05, 0) is 69.8 Å². The third kappa shape index (κ3) is 6.31. The minimum atomic E-state index is -0.0831. The van der Waals surface area contributed by atoms with Crippen LogP contribution in [-0.4, -0.2) is 85.2 Å². The van der Waals surface area contributed by atoms with Crippen LogP contribution < -0.4 is 14.8 Å². The minimum absolute atomic E-state index is 0.0831. The Morgan fingerprint density at radius 1 is 1.03 bits per heavy atom. The molecule has 182 valence electrons. The van der Waals surface area contributed by atoms with Gasteiger partial charge in [0.25, 0.3) is 0 Å². The Hall–Kier alpha value is -2.48. The smallest absolute Gasteiger partial charge is 0.322 e. The highest BCUT2D eigenvalue weighted by Crippen LogP contribution is 2.33. The standard InChI is InChI=1S/C25H38N4O4/c1-19-6-12-27(13-7-19)10-3-11-29(22-8-14-28(15-9-22)20(2)30)25(31)26-21-4-5-23-24(18-21)33-17-16-32-23/h4-5,18-19,22H,3,6-17H2,1-2H3,(H,26,31). The molecule has 0 atom stereocenters. The van der Waals surface area contributed by atoms with Crippen molar-refractivity contribution in [2.75, 3.05) is 57.8 Å². The Morgan fingerprint density at radius 3 is 2.42 bits per heavy atom. The molecule has 0 spiro atoms. The number of hydrogen-bond donors (Lipinski definition) is 1. The van der Waals surface area contributed by atoms with E-state index in [2.05, 4.69) is 17.1 Å². The Labute approximate surface area is 197 Å². The molecule has 1 N–H and O–H groups in total. The van der Waals surface area contributed by atoms with Crippen LogP contribution in [0.1, 0.15) is 46.0 Å². The van der Waals surface area contributed by atoms with E-state index >= 15 is 0 Å². The summed E-state index contributed by atoms with van der Waals surface area (Å²) in [7, 11) is 0. The average Bonchev–Trinajstić information content (AvgIpc) is 2.83. The van der Waals surface area contributed by atoms with Crippen molar-refractivity contribution in [3.63, 3.8) is 0 Å². The van der Waals surface area contributed by atoms with Crippen LogP contribution in [0.15, 0.2) is 18.2 Å². The van der Waals surface area contributed by atoms with Crippen molar-refractivity contribution in [2.24, 2.45) is 5.92 Å². The Balaban J connectivity index is 1.38. The molecule has 3 heterocycles. The lowest BCUT2D eigenvalue weighted by Crippen LogP contribution is -2.50. The second kappa shape index (κ2) is 11.1. The number of nitrogens with one attached hydrogen (secondary N) is 1. The van der Waals surface area contributed by atoms with Gasteiger partial charge in [0.05, 0.1) is 0 Å². The summed E-state index contributed by atoms with van der Waals surface area (Å²) in [5, 5.41) is 3.07. The molecule has 0 aliphatic carbocycles. The summed E-state index contributed by atoms with van der Waals surface area (Å²) in [6.45, 7) is 10.5. The zero-order valence-electron chi connectivity index (χ0n) is 20.1. The molecule has 2 saturated heterocycles. The van der Waals surface area contributed by atoms with Crippen molar-refractivity contribution < 1.29 is 19.1 Å². The van der Waals surface area contributed by atoms with Crippen LogP contribution in [0.2, 0.25) is 0 Å². The number of carbonyl (C=O) groups excluding carboxylic acids is 2. The van der Waals surface area contributed by atoms with Crippen molar-refractivity contribution in [1.82, 2.24) is 14.7 Å². The number of fused-ring (bicyclic) bond motifs is 1. The summed E-state index contributed by atoms with van der Waals surface area (Å²) < 4.78 is 11.3. The topological polar surface area (TPSA) is 74.4 Å². The third-order valence-corrected chi connectivity index (χ3v) is 7.15. The van der Waals surface area contributed by atoms with Gasteiger partial charge >= 0.3 is 6.03 Å². The van der Waals surface area contributed by atoms with E-state index in [1.54, 1.807) is 6.92 Å². The largest absolute Gasteiger partial charge is 0.486 e.